The molecule has 1 aliphatic carbocycles. The topological polar surface area (TPSA) is 86.8 Å². The fraction of sp³-hybridized carbons (Fsp3) is 0.579. The molecule has 2 aromatic heterocycles. The molecule has 0 aromatic carbocycles. The highest BCUT2D eigenvalue weighted by Gasteiger charge is 2.23. The zero-order chi connectivity index (χ0) is 18.1. The summed E-state index contributed by atoms with van der Waals surface area (Å²) >= 11 is 0. The number of urea groups is 1. The number of H-pyrrole nitrogens is 1. The van der Waals surface area contributed by atoms with Crippen LogP contribution in [0.3, 0.4) is 0 Å². The molecule has 7 nitrogen and oxygen atoms in total. The van der Waals surface area contributed by atoms with Gasteiger partial charge in [-0.3, -0.25) is 0 Å². The summed E-state index contributed by atoms with van der Waals surface area (Å²) in [4.78, 5) is 31.3. The Morgan fingerprint density at radius 2 is 1.96 bits per heavy atom. The molecule has 0 spiro atoms. The second kappa shape index (κ2) is 7.05. The van der Waals surface area contributed by atoms with Crippen molar-refractivity contribution in [1.82, 2.24) is 30.2 Å². The molecule has 2 N–H and O–H groups in total. The van der Waals surface area contributed by atoms with E-state index in [1.54, 1.807) is 0 Å². The summed E-state index contributed by atoms with van der Waals surface area (Å²) in [6.45, 7) is 5.88. The molecule has 0 bridgehead atoms. The molecule has 138 valence electrons. The van der Waals surface area contributed by atoms with Gasteiger partial charge in [-0.05, 0) is 45.1 Å². The molecular weight excluding hydrogens is 328 g/mol. The monoisotopic (exact) mass is 354 g/mol. The number of hydrogen-bond acceptors (Lipinski definition) is 4. The minimum Gasteiger partial charge on any atom is -0.344 e. The number of fused-ring (bicyclic) bond motifs is 2. The van der Waals surface area contributed by atoms with Crippen molar-refractivity contribution in [3.8, 4) is 0 Å². The summed E-state index contributed by atoms with van der Waals surface area (Å²) in [7, 11) is 0. The number of rotatable bonds is 3. The number of nitrogens with zero attached hydrogens (tertiary/aromatic N) is 4. The van der Waals surface area contributed by atoms with Gasteiger partial charge in [-0.15, -0.1) is 0 Å². The van der Waals surface area contributed by atoms with Gasteiger partial charge in [-0.2, -0.15) is 0 Å². The van der Waals surface area contributed by atoms with Crippen LogP contribution in [0.25, 0.3) is 0 Å². The van der Waals surface area contributed by atoms with Crippen molar-refractivity contribution < 1.29 is 4.79 Å². The molecular formula is C19H26N6O. The number of hydrogen-bond donors (Lipinski definition) is 2. The fourth-order valence-electron chi connectivity index (χ4n) is 3.96. The first-order valence-electron chi connectivity index (χ1n) is 9.52. The highest BCUT2D eigenvalue weighted by atomic mass is 16.2. The molecule has 1 aliphatic heterocycles. The largest absolute Gasteiger partial charge is 0.344 e. The average Bonchev–Trinajstić information content (AvgIpc) is 3.01. The second-order valence-electron chi connectivity index (χ2n) is 7.26. The number of aryl methyl sites for hydroxylation is 3. The highest BCUT2D eigenvalue weighted by Crippen LogP contribution is 2.21. The van der Waals surface area contributed by atoms with E-state index in [1.807, 2.05) is 11.8 Å². The third kappa shape index (κ3) is 3.43. The zero-order valence-electron chi connectivity index (χ0n) is 15.6. The Hall–Kier alpha value is -2.44. The zero-order valence-corrected chi connectivity index (χ0v) is 15.6. The maximum absolute atomic E-state index is 12.4. The van der Waals surface area contributed by atoms with E-state index in [0.29, 0.717) is 26.1 Å². The summed E-state index contributed by atoms with van der Waals surface area (Å²) in [5.41, 5.74) is 5.79. The molecule has 0 saturated heterocycles. The summed E-state index contributed by atoms with van der Waals surface area (Å²) in [5.74, 6) is 1.76. The van der Waals surface area contributed by atoms with Crippen molar-refractivity contribution in [2.45, 2.75) is 58.9 Å². The van der Waals surface area contributed by atoms with Crippen molar-refractivity contribution in [3.63, 3.8) is 0 Å². The molecule has 2 amide bonds. The number of amides is 2. The van der Waals surface area contributed by atoms with Crippen molar-refractivity contribution in [1.29, 1.82) is 0 Å². The Morgan fingerprint density at radius 3 is 2.85 bits per heavy atom. The van der Waals surface area contributed by atoms with E-state index in [4.69, 9.17) is 4.98 Å². The second-order valence-corrected chi connectivity index (χ2v) is 7.26. The van der Waals surface area contributed by atoms with Gasteiger partial charge in [0.1, 0.15) is 11.6 Å². The number of imidazole rings is 1. The summed E-state index contributed by atoms with van der Waals surface area (Å²) in [5, 5.41) is 3.01. The third-order valence-corrected chi connectivity index (χ3v) is 5.30. The van der Waals surface area contributed by atoms with E-state index < -0.39 is 0 Å². The van der Waals surface area contributed by atoms with Crippen LogP contribution < -0.4 is 5.32 Å². The lowest BCUT2D eigenvalue weighted by Crippen LogP contribution is -2.43. The molecule has 0 unspecified atom stereocenters. The number of carbonyl (C=O) groups excluding carboxylic acids is 1. The van der Waals surface area contributed by atoms with Crippen LogP contribution in [0.15, 0.2) is 0 Å². The Balaban J connectivity index is 1.32. The molecule has 0 fully saturated rings. The first-order chi connectivity index (χ1) is 12.6. The van der Waals surface area contributed by atoms with Crippen LogP contribution in [0.4, 0.5) is 4.79 Å². The van der Waals surface area contributed by atoms with E-state index in [9.17, 15) is 4.79 Å². The molecule has 0 atom stereocenters. The first-order valence-corrected chi connectivity index (χ1v) is 9.52. The number of aromatic nitrogens is 4. The normalized spacial score (nSPS) is 16.2. The van der Waals surface area contributed by atoms with Gasteiger partial charge < -0.3 is 15.2 Å². The van der Waals surface area contributed by atoms with Gasteiger partial charge in [0.2, 0.25) is 0 Å². The summed E-state index contributed by atoms with van der Waals surface area (Å²) < 4.78 is 0. The van der Waals surface area contributed by atoms with Crippen LogP contribution in [0.1, 0.15) is 52.8 Å². The van der Waals surface area contributed by atoms with Gasteiger partial charge in [0.15, 0.2) is 0 Å². The Kier molecular flexibility index (Phi) is 4.61. The molecule has 26 heavy (non-hydrogen) atoms. The fourth-order valence-corrected chi connectivity index (χ4v) is 3.96. The smallest absolute Gasteiger partial charge is 0.317 e. The standard InChI is InChI=1S/C19H26N6O/c1-12-14-5-3-4-6-15(14)24-18(21-12)7-9-20-19(26)25-10-8-16-17(11-25)23-13(2)22-16/h3-11H2,1-2H3,(H,20,26)(H,22,23). The van der Waals surface area contributed by atoms with Crippen LogP contribution in [-0.4, -0.2) is 44.0 Å². The van der Waals surface area contributed by atoms with Gasteiger partial charge in [0.25, 0.3) is 0 Å². The van der Waals surface area contributed by atoms with Gasteiger partial charge in [-0.1, -0.05) is 0 Å². The van der Waals surface area contributed by atoms with Crippen molar-refractivity contribution in [2.24, 2.45) is 0 Å². The van der Waals surface area contributed by atoms with Crippen molar-refractivity contribution in [3.05, 3.63) is 40.0 Å². The predicted octanol–water partition coefficient (Wildman–Crippen LogP) is 2.01. The Labute approximate surface area is 153 Å². The molecule has 2 aliphatic rings. The molecule has 0 saturated carbocycles. The molecule has 4 rings (SSSR count). The van der Waals surface area contributed by atoms with Gasteiger partial charge >= 0.3 is 6.03 Å². The molecule has 2 aromatic rings. The number of aromatic amines is 1. The average molecular weight is 354 g/mol. The van der Waals surface area contributed by atoms with Gasteiger partial charge in [0.05, 0.1) is 17.9 Å². The SMILES string of the molecule is Cc1nc2c([nH]1)CN(C(=O)NCCc1nc(C)c3c(n1)CCCC3)CC2. The lowest BCUT2D eigenvalue weighted by atomic mass is 9.95. The maximum Gasteiger partial charge on any atom is 0.317 e. The van der Waals surface area contributed by atoms with E-state index in [1.165, 1.54) is 24.1 Å². The first kappa shape index (κ1) is 17.0. The van der Waals surface area contributed by atoms with Crippen LogP contribution >= 0.6 is 0 Å². The molecule has 3 heterocycles. The summed E-state index contributed by atoms with van der Waals surface area (Å²) in [6, 6.07) is -0.0300. The van der Waals surface area contributed by atoms with Gasteiger partial charge in [-0.25, -0.2) is 19.7 Å². The van der Waals surface area contributed by atoms with E-state index in [2.05, 4.69) is 27.2 Å². The van der Waals surface area contributed by atoms with E-state index in [0.717, 1.165) is 48.0 Å². The van der Waals surface area contributed by atoms with Crippen LogP contribution in [0, 0.1) is 13.8 Å². The van der Waals surface area contributed by atoms with Gasteiger partial charge in [0, 0.05) is 37.3 Å². The Bertz CT molecular complexity index is 828. The molecule has 0 radical (unpaired) electrons. The maximum atomic E-state index is 12.4. The van der Waals surface area contributed by atoms with Crippen LogP contribution in [0.5, 0.6) is 0 Å². The quantitative estimate of drug-likeness (QED) is 0.883. The minimum absolute atomic E-state index is 0.0300. The van der Waals surface area contributed by atoms with Crippen LogP contribution in [0.2, 0.25) is 0 Å². The van der Waals surface area contributed by atoms with Crippen molar-refractivity contribution >= 4 is 6.03 Å². The van der Waals surface area contributed by atoms with Crippen LogP contribution in [-0.2, 0) is 32.2 Å². The minimum atomic E-state index is -0.0300. The highest BCUT2D eigenvalue weighted by molar-refractivity contribution is 5.74. The molecule has 7 heteroatoms. The summed E-state index contributed by atoms with van der Waals surface area (Å²) in [6.07, 6.45) is 6.08. The Morgan fingerprint density at radius 1 is 1.12 bits per heavy atom. The van der Waals surface area contributed by atoms with E-state index in [-0.39, 0.29) is 6.03 Å². The lowest BCUT2D eigenvalue weighted by Gasteiger charge is -2.26. The third-order valence-electron chi connectivity index (χ3n) is 5.30. The van der Waals surface area contributed by atoms with E-state index >= 15 is 0 Å². The lowest BCUT2D eigenvalue weighted by molar-refractivity contribution is 0.191. The number of carbonyl (C=O) groups is 1. The van der Waals surface area contributed by atoms with Crippen molar-refractivity contribution in [2.75, 3.05) is 13.1 Å². The number of nitrogens with one attached hydrogen (secondary N) is 2. The predicted molar refractivity (Wildman–Crippen MR) is 98.0 cm³/mol.